The molecule has 0 N–H and O–H groups in total. The van der Waals surface area contributed by atoms with Gasteiger partial charge in [-0.3, -0.25) is 4.90 Å². The molecule has 0 radical (unpaired) electrons. The molecule has 5 rings (SSSR count). The second-order valence-corrected chi connectivity index (χ2v) is 6.52. The molecule has 2 saturated heterocycles. The molecule has 0 atom stereocenters. The summed E-state index contributed by atoms with van der Waals surface area (Å²) in [6, 6.07) is 21.7. The Morgan fingerprint density at radius 3 is 2.29 bits per heavy atom. The van der Waals surface area contributed by atoms with Crippen LogP contribution >= 0.6 is 0 Å². The fraction of sp³-hybridized carbons (Fsp3) is 0.368. The lowest BCUT2D eigenvalue weighted by Crippen LogP contribution is -2.58. The Morgan fingerprint density at radius 2 is 1.62 bits per heavy atom. The summed E-state index contributed by atoms with van der Waals surface area (Å²) in [5, 5.41) is 0. The van der Waals surface area contributed by atoms with Crippen LogP contribution in [0.25, 0.3) is 0 Å². The van der Waals surface area contributed by atoms with E-state index in [-0.39, 0.29) is 5.66 Å². The van der Waals surface area contributed by atoms with Crippen molar-refractivity contribution in [2.24, 2.45) is 5.92 Å². The number of benzene rings is 2. The summed E-state index contributed by atoms with van der Waals surface area (Å²) in [7, 11) is 2.26. The number of para-hydroxylation sites is 1. The van der Waals surface area contributed by atoms with Crippen molar-refractivity contribution in [3.8, 4) is 0 Å². The minimum absolute atomic E-state index is 0.238. The molecule has 0 amide bonds. The van der Waals surface area contributed by atoms with Crippen LogP contribution in [0.5, 0.6) is 0 Å². The Kier molecular flexibility index (Phi) is 3.00. The van der Waals surface area contributed by atoms with E-state index in [1.165, 1.54) is 30.6 Å². The topological polar surface area (TPSA) is 6.48 Å². The van der Waals surface area contributed by atoms with E-state index in [4.69, 9.17) is 0 Å². The average molecular weight is 278 g/mol. The maximum atomic E-state index is 2.68. The van der Waals surface area contributed by atoms with Gasteiger partial charge in [-0.05, 0) is 36.5 Å². The molecule has 3 fully saturated rings. The molecule has 2 nitrogen and oxygen atoms in total. The number of hydrogen-bond donors (Lipinski definition) is 0. The zero-order valence-electron chi connectivity index (χ0n) is 12.6. The molecule has 0 spiro atoms. The highest BCUT2D eigenvalue weighted by Gasteiger charge is 2.58. The normalized spacial score (nSPS) is 27.4. The molecule has 2 heterocycles. The third-order valence-corrected chi connectivity index (χ3v) is 5.28. The first-order chi connectivity index (χ1) is 10.3. The Morgan fingerprint density at radius 1 is 1.00 bits per heavy atom. The van der Waals surface area contributed by atoms with Crippen molar-refractivity contribution < 1.29 is 0 Å². The number of anilines is 1. The standard InChI is InChI=1S/C19H22N2/c1-20(18-10-6-3-7-11-18)19-12-17(13-19)15-21(19)14-16-8-4-2-5-9-16/h2-11,17H,12-15H2,1H3. The molecule has 0 aromatic heterocycles. The molecule has 3 aliphatic rings. The van der Waals surface area contributed by atoms with E-state index in [0.717, 1.165) is 12.5 Å². The lowest BCUT2D eigenvalue weighted by Gasteiger charge is -2.50. The molecule has 2 aliphatic heterocycles. The van der Waals surface area contributed by atoms with Gasteiger partial charge in [-0.2, -0.15) is 0 Å². The van der Waals surface area contributed by atoms with Crippen LogP contribution < -0.4 is 4.90 Å². The van der Waals surface area contributed by atoms with Crippen molar-refractivity contribution in [2.45, 2.75) is 25.0 Å². The second kappa shape index (κ2) is 4.88. The van der Waals surface area contributed by atoms with E-state index in [9.17, 15) is 0 Å². The first-order valence-corrected chi connectivity index (χ1v) is 7.86. The van der Waals surface area contributed by atoms with Gasteiger partial charge in [0.25, 0.3) is 0 Å². The zero-order chi connectivity index (χ0) is 14.3. The summed E-state index contributed by atoms with van der Waals surface area (Å²) in [5.74, 6) is 0.889. The fourth-order valence-corrected chi connectivity index (χ4v) is 4.13. The molecule has 1 saturated carbocycles. The van der Waals surface area contributed by atoms with E-state index >= 15 is 0 Å². The molecule has 1 aliphatic carbocycles. The predicted octanol–water partition coefficient (Wildman–Crippen LogP) is 3.74. The van der Waals surface area contributed by atoms with Gasteiger partial charge < -0.3 is 4.90 Å². The monoisotopic (exact) mass is 278 g/mol. The number of rotatable bonds is 4. The van der Waals surface area contributed by atoms with Gasteiger partial charge in [0, 0.05) is 25.8 Å². The van der Waals surface area contributed by atoms with E-state index in [2.05, 4.69) is 77.5 Å². The number of fused-ring (bicyclic) bond motifs is 1. The van der Waals surface area contributed by atoms with Crippen LogP contribution in [0.15, 0.2) is 60.7 Å². The summed E-state index contributed by atoms with van der Waals surface area (Å²) < 4.78 is 0. The zero-order valence-corrected chi connectivity index (χ0v) is 12.6. The van der Waals surface area contributed by atoms with Crippen LogP contribution in [0, 0.1) is 5.92 Å². The lowest BCUT2D eigenvalue weighted by molar-refractivity contribution is 0.102. The van der Waals surface area contributed by atoms with Crippen molar-refractivity contribution in [1.82, 2.24) is 4.90 Å². The quantitative estimate of drug-likeness (QED) is 0.840. The van der Waals surface area contributed by atoms with Gasteiger partial charge in [0.05, 0.1) is 5.66 Å². The highest BCUT2D eigenvalue weighted by molar-refractivity contribution is 5.49. The van der Waals surface area contributed by atoms with Crippen molar-refractivity contribution in [1.29, 1.82) is 0 Å². The van der Waals surface area contributed by atoms with Crippen LogP contribution in [0.2, 0.25) is 0 Å². The third kappa shape index (κ3) is 2.06. The second-order valence-electron chi connectivity index (χ2n) is 6.52. The number of hydrogen-bond acceptors (Lipinski definition) is 2. The maximum Gasteiger partial charge on any atom is 0.0939 e. The van der Waals surface area contributed by atoms with E-state index in [0.29, 0.717) is 0 Å². The van der Waals surface area contributed by atoms with Crippen LogP contribution in [0.4, 0.5) is 5.69 Å². The van der Waals surface area contributed by atoms with Gasteiger partial charge in [0.15, 0.2) is 0 Å². The minimum Gasteiger partial charge on any atom is -0.356 e. The van der Waals surface area contributed by atoms with Crippen LogP contribution in [0.1, 0.15) is 18.4 Å². The first kappa shape index (κ1) is 12.9. The molecule has 21 heavy (non-hydrogen) atoms. The smallest absolute Gasteiger partial charge is 0.0939 e. The molecule has 2 heteroatoms. The van der Waals surface area contributed by atoms with Gasteiger partial charge in [0.1, 0.15) is 0 Å². The molecule has 2 aromatic carbocycles. The van der Waals surface area contributed by atoms with E-state index in [1.54, 1.807) is 0 Å². The Balaban J connectivity index is 1.58. The van der Waals surface area contributed by atoms with E-state index in [1.807, 2.05) is 0 Å². The third-order valence-electron chi connectivity index (χ3n) is 5.28. The minimum atomic E-state index is 0.238. The first-order valence-electron chi connectivity index (χ1n) is 7.86. The molecule has 0 unspecified atom stereocenters. The van der Waals surface area contributed by atoms with Crippen LogP contribution in [0.3, 0.4) is 0 Å². The van der Waals surface area contributed by atoms with Crippen LogP contribution in [-0.4, -0.2) is 24.2 Å². The largest absolute Gasteiger partial charge is 0.356 e. The van der Waals surface area contributed by atoms with Crippen LogP contribution in [-0.2, 0) is 6.54 Å². The van der Waals surface area contributed by atoms with Gasteiger partial charge in [-0.25, -0.2) is 0 Å². The SMILES string of the molecule is CN(c1ccccc1)C12CC(CN1Cc1ccccc1)C2. The Bertz CT molecular complexity index is 602. The highest BCUT2D eigenvalue weighted by Crippen LogP contribution is 2.53. The summed E-state index contributed by atoms with van der Waals surface area (Å²) in [6.07, 6.45) is 2.62. The fourth-order valence-electron chi connectivity index (χ4n) is 4.13. The van der Waals surface area contributed by atoms with Gasteiger partial charge in [-0.15, -0.1) is 0 Å². The number of nitrogens with zero attached hydrogens (tertiary/aromatic N) is 2. The van der Waals surface area contributed by atoms with Gasteiger partial charge in [0.2, 0.25) is 0 Å². The molecular weight excluding hydrogens is 256 g/mol. The molecule has 2 bridgehead atoms. The summed E-state index contributed by atoms with van der Waals surface area (Å²) >= 11 is 0. The average Bonchev–Trinajstić information content (AvgIpc) is 3.03. The summed E-state index contributed by atoms with van der Waals surface area (Å²) in [5.41, 5.74) is 2.99. The molecule has 108 valence electrons. The van der Waals surface area contributed by atoms with Crippen molar-refractivity contribution in [2.75, 3.05) is 18.5 Å². The summed E-state index contributed by atoms with van der Waals surface area (Å²) in [6.45, 7) is 2.31. The van der Waals surface area contributed by atoms with Crippen molar-refractivity contribution in [3.05, 3.63) is 66.2 Å². The lowest BCUT2D eigenvalue weighted by atomic mass is 9.78. The molecular formula is C19H22N2. The van der Waals surface area contributed by atoms with Gasteiger partial charge in [-0.1, -0.05) is 48.5 Å². The van der Waals surface area contributed by atoms with Crippen molar-refractivity contribution >= 4 is 5.69 Å². The van der Waals surface area contributed by atoms with Gasteiger partial charge >= 0.3 is 0 Å². The Hall–Kier alpha value is -1.80. The highest BCUT2D eigenvalue weighted by atomic mass is 15.4. The van der Waals surface area contributed by atoms with E-state index < -0.39 is 0 Å². The molecule has 2 aromatic rings. The van der Waals surface area contributed by atoms with Crippen molar-refractivity contribution in [3.63, 3.8) is 0 Å². The summed E-state index contributed by atoms with van der Waals surface area (Å²) in [4.78, 5) is 5.18. The Labute approximate surface area is 127 Å². The predicted molar refractivity (Wildman–Crippen MR) is 87.2 cm³/mol. The maximum absolute atomic E-state index is 2.68.